The molecule has 1 amide bonds. The first-order chi connectivity index (χ1) is 24.3. The number of carbonyl (C=O) groups is 1. The number of alkyl halides is 1. The number of piperazine rings is 1. The molecule has 0 unspecified atom stereocenters. The van der Waals surface area contributed by atoms with E-state index in [1.54, 1.807) is 29.2 Å². The number of carbonyl (C=O) groups excluding carboxylic acids is 1. The summed E-state index contributed by atoms with van der Waals surface area (Å²) in [6, 6.07) is 10.5. The van der Waals surface area contributed by atoms with Gasteiger partial charge in [-0.25, -0.2) is 13.6 Å². The van der Waals surface area contributed by atoms with Crippen LogP contribution in [0.3, 0.4) is 0 Å². The molecule has 2 bridgehead atoms. The van der Waals surface area contributed by atoms with Crippen molar-refractivity contribution in [3.05, 3.63) is 58.4 Å². The fourth-order valence-electron chi connectivity index (χ4n) is 8.72. The summed E-state index contributed by atoms with van der Waals surface area (Å²) < 4.78 is 43.7. The zero-order valence-electron chi connectivity index (χ0n) is 28.8. The molecule has 0 radical (unpaired) electrons. The number of rotatable bonds is 6. The van der Waals surface area contributed by atoms with Gasteiger partial charge >= 0.3 is 12.1 Å². The third kappa shape index (κ3) is 5.82. The molecule has 4 saturated heterocycles. The topological polar surface area (TPSA) is 134 Å². The van der Waals surface area contributed by atoms with Gasteiger partial charge < -0.3 is 19.5 Å². The van der Waals surface area contributed by atoms with Crippen molar-refractivity contribution < 1.29 is 33.1 Å². The quantitative estimate of drug-likeness (QED) is 0.170. The summed E-state index contributed by atoms with van der Waals surface area (Å²) in [6.07, 6.45) is 2.04. The number of aromatic hydroxyl groups is 1. The highest BCUT2D eigenvalue weighted by Crippen LogP contribution is 2.45. The first-order valence-corrected chi connectivity index (χ1v) is 17.5. The van der Waals surface area contributed by atoms with Crippen molar-refractivity contribution in [2.24, 2.45) is 0 Å². The Morgan fingerprint density at radius 3 is 2.57 bits per heavy atom. The Morgan fingerprint density at radius 2 is 1.84 bits per heavy atom. The minimum atomic E-state index is -0.976. The number of anilines is 1. The maximum atomic E-state index is 17.2. The van der Waals surface area contributed by atoms with Crippen molar-refractivity contribution in [3.8, 4) is 22.9 Å². The summed E-state index contributed by atoms with van der Waals surface area (Å²) in [5.74, 6) is -0.879. The van der Waals surface area contributed by atoms with E-state index in [-0.39, 0.29) is 58.3 Å². The Hall–Kier alpha value is -4.85. The van der Waals surface area contributed by atoms with Crippen LogP contribution in [0.5, 0.6) is 11.8 Å². The number of ether oxygens (including phenoxy) is 2. The number of aromatic nitrogens is 2. The summed E-state index contributed by atoms with van der Waals surface area (Å²) in [5, 5.41) is 24.5. The molecule has 51 heavy (non-hydrogen) atoms. The average Bonchev–Trinajstić information content (AvgIpc) is 3.69. The van der Waals surface area contributed by atoms with Gasteiger partial charge in [-0.15, -0.1) is 0 Å². The van der Waals surface area contributed by atoms with Crippen LogP contribution < -0.4 is 9.64 Å². The van der Waals surface area contributed by atoms with Crippen molar-refractivity contribution in [2.45, 2.75) is 82.3 Å². The molecule has 4 aliphatic rings. The SMILES string of the molecule is CC(C)(C)OC(=O)N1[C@@H]2CC[C@H]1CN(c1nc(OC[C@@]34CCCN3C[C@H](F)C4)nc3c(F)c(-c4cc(O)cc5ccccc45)c([N+](=O)[O-])cc13)C2. The monoisotopic (exact) mass is 702 g/mol. The number of amides is 1. The molecule has 4 aliphatic heterocycles. The summed E-state index contributed by atoms with van der Waals surface area (Å²) >= 11 is 0. The van der Waals surface area contributed by atoms with Crippen LogP contribution in [-0.2, 0) is 4.74 Å². The van der Waals surface area contributed by atoms with E-state index in [1.807, 2.05) is 25.7 Å². The van der Waals surface area contributed by atoms with Gasteiger partial charge in [0.25, 0.3) is 5.69 Å². The van der Waals surface area contributed by atoms with Gasteiger partial charge in [0.1, 0.15) is 35.5 Å². The third-order valence-electron chi connectivity index (χ3n) is 10.8. The lowest BCUT2D eigenvalue weighted by Crippen LogP contribution is -2.57. The Balaban J connectivity index is 1.26. The second-order valence-corrected chi connectivity index (χ2v) is 15.3. The standard InChI is InChI=1S/C37H40F2N6O6/c1-36(2,3)51-35(47)44-23-9-10-24(44)19-42(18-23)33-28-15-29(45(48)49)30(27-14-25(46)13-21-7-4-5-8-26(21)27)31(39)32(28)40-34(41-33)50-20-37-11-6-12-43(37)17-22(38)16-37/h4-5,7-8,13-15,22-24,46H,6,9-12,16-20H2,1-3H3/t22-,23-,24+,37+/m1/s1. The van der Waals surface area contributed by atoms with E-state index in [4.69, 9.17) is 14.5 Å². The highest BCUT2D eigenvalue weighted by Gasteiger charge is 2.50. The van der Waals surface area contributed by atoms with E-state index < -0.39 is 39.8 Å². The number of nitro groups is 1. The number of benzene rings is 3. The van der Waals surface area contributed by atoms with Crippen molar-refractivity contribution in [3.63, 3.8) is 0 Å². The van der Waals surface area contributed by atoms with Crippen molar-refractivity contribution in [1.29, 1.82) is 0 Å². The molecule has 12 nitrogen and oxygen atoms in total. The number of nitro benzene ring substituents is 1. The van der Waals surface area contributed by atoms with Gasteiger partial charge in [0.15, 0.2) is 5.82 Å². The minimum absolute atomic E-state index is 0.106. The fraction of sp³-hybridized carbons (Fsp3) is 0.486. The molecule has 0 spiro atoms. The van der Waals surface area contributed by atoms with Crippen LogP contribution in [0.4, 0.5) is 25.1 Å². The maximum Gasteiger partial charge on any atom is 0.410 e. The molecule has 4 aromatic rings. The molecular weight excluding hydrogens is 662 g/mol. The molecule has 3 aromatic carbocycles. The summed E-state index contributed by atoms with van der Waals surface area (Å²) in [5.41, 5.74) is -2.06. The first-order valence-electron chi connectivity index (χ1n) is 17.5. The zero-order valence-corrected chi connectivity index (χ0v) is 28.8. The maximum absolute atomic E-state index is 17.2. The number of fused-ring (bicyclic) bond motifs is 5. The van der Waals surface area contributed by atoms with E-state index in [0.717, 1.165) is 32.2 Å². The lowest BCUT2D eigenvalue weighted by molar-refractivity contribution is -0.384. The molecular formula is C37H40F2N6O6. The lowest BCUT2D eigenvalue weighted by Gasteiger charge is -2.42. The number of halogens is 2. The predicted octanol–water partition coefficient (Wildman–Crippen LogP) is 6.75. The van der Waals surface area contributed by atoms with Crippen LogP contribution >= 0.6 is 0 Å². The van der Waals surface area contributed by atoms with Crippen LogP contribution in [0.25, 0.3) is 32.8 Å². The smallest absolute Gasteiger partial charge is 0.410 e. The number of nitrogens with zero attached hydrogens (tertiary/aromatic N) is 6. The highest BCUT2D eigenvalue weighted by atomic mass is 19.1. The van der Waals surface area contributed by atoms with Crippen LogP contribution in [0.2, 0.25) is 0 Å². The predicted molar refractivity (Wildman–Crippen MR) is 186 cm³/mol. The van der Waals surface area contributed by atoms with Crippen LogP contribution in [0.15, 0.2) is 42.5 Å². The van der Waals surface area contributed by atoms with Crippen molar-refractivity contribution >= 4 is 39.3 Å². The molecule has 4 fully saturated rings. The molecule has 1 N–H and O–H groups in total. The lowest BCUT2D eigenvalue weighted by atomic mass is 9.94. The number of hydrogen-bond donors (Lipinski definition) is 1. The molecule has 5 heterocycles. The summed E-state index contributed by atoms with van der Waals surface area (Å²) in [4.78, 5) is 40.4. The largest absolute Gasteiger partial charge is 0.508 e. The Kier molecular flexibility index (Phi) is 7.93. The average molecular weight is 703 g/mol. The first kappa shape index (κ1) is 33.3. The van der Waals surface area contributed by atoms with E-state index in [0.29, 0.717) is 36.8 Å². The normalized spacial score (nSPS) is 24.8. The van der Waals surface area contributed by atoms with Gasteiger partial charge in [-0.2, -0.15) is 9.97 Å². The number of phenolic OH excluding ortho intramolecular Hbond substituents is 1. The van der Waals surface area contributed by atoms with Gasteiger partial charge in [0.2, 0.25) is 0 Å². The number of phenols is 1. The molecule has 14 heteroatoms. The van der Waals surface area contributed by atoms with Gasteiger partial charge in [-0.1, -0.05) is 24.3 Å². The third-order valence-corrected chi connectivity index (χ3v) is 10.8. The van der Waals surface area contributed by atoms with Gasteiger partial charge in [-0.3, -0.25) is 19.9 Å². The van der Waals surface area contributed by atoms with E-state index >= 15 is 4.39 Å². The molecule has 8 rings (SSSR count). The molecule has 1 aromatic heterocycles. The van der Waals surface area contributed by atoms with E-state index in [2.05, 4.69) is 9.88 Å². The molecule has 4 atom stereocenters. The highest BCUT2D eigenvalue weighted by molar-refractivity contribution is 6.04. The molecule has 0 saturated carbocycles. The zero-order chi connectivity index (χ0) is 35.8. The Morgan fingerprint density at radius 1 is 1.10 bits per heavy atom. The van der Waals surface area contributed by atoms with Crippen molar-refractivity contribution in [1.82, 2.24) is 19.8 Å². The fourth-order valence-corrected chi connectivity index (χ4v) is 8.72. The molecule has 268 valence electrons. The Bertz CT molecular complexity index is 2060. The second-order valence-electron chi connectivity index (χ2n) is 15.3. The van der Waals surface area contributed by atoms with Gasteiger partial charge in [-0.05, 0) is 75.9 Å². The number of hydrogen-bond acceptors (Lipinski definition) is 10. The van der Waals surface area contributed by atoms with Crippen LogP contribution in [-0.4, -0.2) is 98.1 Å². The molecule has 0 aliphatic carbocycles. The minimum Gasteiger partial charge on any atom is -0.508 e. The van der Waals surface area contributed by atoms with Gasteiger partial charge in [0.05, 0.1) is 33.5 Å². The van der Waals surface area contributed by atoms with E-state index in [1.165, 1.54) is 18.2 Å². The van der Waals surface area contributed by atoms with Gasteiger partial charge in [0, 0.05) is 37.7 Å². The second kappa shape index (κ2) is 12.1. The van der Waals surface area contributed by atoms with Crippen LogP contribution in [0.1, 0.15) is 52.9 Å². The Labute approximate surface area is 293 Å². The van der Waals surface area contributed by atoms with Crippen LogP contribution in [0, 0.1) is 15.9 Å². The summed E-state index contributed by atoms with van der Waals surface area (Å²) in [6.45, 7) is 7.31. The van der Waals surface area contributed by atoms with Crippen molar-refractivity contribution in [2.75, 3.05) is 37.7 Å². The summed E-state index contributed by atoms with van der Waals surface area (Å²) in [7, 11) is 0. The van der Waals surface area contributed by atoms with E-state index in [9.17, 15) is 24.4 Å².